The predicted molar refractivity (Wildman–Crippen MR) is 108 cm³/mol. The maximum atomic E-state index is 12.5. The van der Waals surface area contributed by atoms with Crippen LogP contribution in [0.2, 0.25) is 0 Å². The van der Waals surface area contributed by atoms with Crippen LogP contribution in [-0.2, 0) is 17.9 Å². The molecule has 2 aromatic carbocycles. The van der Waals surface area contributed by atoms with Crippen LogP contribution in [-0.4, -0.2) is 22.1 Å². The van der Waals surface area contributed by atoms with Gasteiger partial charge in [-0.1, -0.05) is 35.9 Å². The third-order valence-electron chi connectivity index (χ3n) is 4.50. The van der Waals surface area contributed by atoms with E-state index in [-0.39, 0.29) is 18.7 Å². The summed E-state index contributed by atoms with van der Waals surface area (Å²) in [4.78, 5) is 24.5. The molecule has 0 aliphatic rings. The molecule has 3 rings (SSSR count). The Bertz CT molecular complexity index is 1160. The van der Waals surface area contributed by atoms with Crippen LogP contribution < -0.4 is 15.6 Å². The van der Waals surface area contributed by atoms with Gasteiger partial charge in [0.2, 0.25) is 5.91 Å². The molecule has 1 aromatic heterocycles. The number of alkyl halides is 3. The average molecular weight is 431 g/mol. The van der Waals surface area contributed by atoms with E-state index in [0.29, 0.717) is 5.69 Å². The highest BCUT2D eigenvalue weighted by molar-refractivity contribution is 5.75. The SMILES string of the molecule is Cc1ccc(C)c(-c2ccc(=O)n(CC(=O)NCc3ccccc3OC(F)(F)F)n2)c1. The van der Waals surface area contributed by atoms with E-state index in [1.165, 1.54) is 24.3 Å². The zero-order chi connectivity index (χ0) is 22.6. The van der Waals surface area contributed by atoms with Gasteiger partial charge in [-0.15, -0.1) is 13.2 Å². The van der Waals surface area contributed by atoms with Crippen molar-refractivity contribution in [1.29, 1.82) is 0 Å². The van der Waals surface area contributed by atoms with Crippen LogP contribution >= 0.6 is 0 Å². The van der Waals surface area contributed by atoms with Crippen molar-refractivity contribution in [3.05, 3.63) is 81.6 Å². The Morgan fingerprint density at radius 2 is 1.84 bits per heavy atom. The van der Waals surface area contributed by atoms with Gasteiger partial charge < -0.3 is 10.1 Å². The molecule has 0 bridgehead atoms. The molecule has 0 saturated carbocycles. The molecular weight excluding hydrogens is 411 g/mol. The first-order valence-corrected chi connectivity index (χ1v) is 9.38. The number of aromatic nitrogens is 2. The van der Waals surface area contributed by atoms with Crippen LogP contribution in [0.1, 0.15) is 16.7 Å². The number of aryl methyl sites for hydroxylation is 2. The molecule has 0 saturated heterocycles. The van der Waals surface area contributed by atoms with Crippen molar-refractivity contribution in [2.24, 2.45) is 0 Å². The molecule has 6 nitrogen and oxygen atoms in total. The number of benzene rings is 2. The van der Waals surface area contributed by atoms with E-state index < -0.39 is 23.6 Å². The Morgan fingerprint density at radius 3 is 2.58 bits per heavy atom. The molecule has 0 fully saturated rings. The fourth-order valence-corrected chi connectivity index (χ4v) is 2.98. The number of para-hydroxylation sites is 1. The number of halogens is 3. The highest BCUT2D eigenvalue weighted by Gasteiger charge is 2.32. The Balaban J connectivity index is 1.73. The van der Waals surface area contributed by atoms with Crippen molar-refractivity contribution in [3.63, 3.8) is 0 Å². The predicted octanol–water partition coefficient (Wildman–Crippen LogP) is 3.74. The lowest BCUT2D eigenvalue weighted by Gasteiger charge is -2.14. The number of nitrogens with one attached hydrogen (secondary N) is 1. The van der Waals surface area contributed by atoms with E-state index in [9.17, 15) is 22.8 Å². The third kappa shape index (κ3) is 5.94. The molecule has 1 N–H and O–H groups in total. The number of carbonyl (C=O) groups excluding carboxylic acids is 1. The topological polar surface area (TPSA) is 73.2 Å². The van der Waals surface area contributed by atoms with Crippen LogP contribution in [0.5, 0.6) is 5.75 Å². The van der Waals surface area contributed by atoms with Gasteiger partial charge in [-0.2, -0.15) is 5.10 Å². The molecule has 0 atom stereocenters. The van der Waals surface area contributed by atoms with Gasteiger partial charge in [0.1, 0.15) is 12.3 Å². The minimum atomic E-state index is -4.84. The van der Waals surface area contributed by atoms with Crippen LogP contribution in [0.25, 0.3) is 11.3 Å². The molecule has 9 heteroatoms. The normalized spacial score (nSPS) is 11.3. The van der Waals surface area contributed by atoms with Crippen molar-refractivity contribution in [2.75, 3.05) is 0 Å². The average Bonchev–Trinajstić information content (AvgIpc) is 2.70. The van der Waals surface area contributed by atoms with Gasteiger partial charge in [-0.05, 0) is 37.6 Å². The number of amides is 1. The van der Waals surface area contributed by atoms with Crippen LogP contribution in [0.3, 0.4) is 0 Å². The first kappa shape index (κ1) is 22.1. The molecule has 0 aliphatic carbocycles. The van der Waals surface area contributed by atoms with Gasteiger partial charge >= 0.3 is 6.36 Å². The minimum Gasteiger partial charge on any atom is -0.405 e. The zero-order valence-electron chi connectivity index (χ0n) is 16.9. The van der Waals surface area contributed by atoms with Gasteiger partial charge in [-0.25, -0.2) is 4.68 Å². The van der Waals surface area contributed by atoms with Crippen LogP contribution in [0.15, 0.2) is 59.4 Å². The maximum absolute atomic E-state index is 12.5. The lowest BCUT2D eigenvalue weighted by molar-refractivity contribution is -0.274. The van der Waals surface area contributed by atoms with Crippen LogP contribution in [0, 0.1) is 13.8 Å². The van der Waals surface area contributed by atoms with Crippen molar-refractivity contribution in [2.45, 2.75) is 33.3 Å². The summed E-state index contributed by atoms with van der Waals surface area (Å²) < 4.78 is 42.6. The molecule has 1 amide bonds. The molecule has 0 radical (unpaired) electrons. The number of rotatable bonds is 6. The largest absolute Gasteiger partial charge is 0.573 e. The van der Waals surface area contributed by atoms with Crippen molar-refractivity contribution in [3.8, 4) is 17.0 Å². The van der Waals surface area contributed by atoms with Gasteiger partial charge in [-0.3, -0.25) is 9.59 Å². The van der Waals surface area contributed by atoms with E-state index in [1.54, 1.807) is 6.07 Å². The highest BCUT2D eigenvalue weighted by Crippen LogP contribution is 2.26. The standard InChI is InChI=1S/C22H20F3N3O3/c1-14-7-8-15(2)17(11-14)18-9-10-21(30)28(27-18)13-20(29)26-12-16-5-3-4-6-19(16)31-22(23,24)25/h3-11H,12-13H2,1-2H3,(H,26,29). The summed E-state index contributed by atoms with van der Waals surface area (Å²) >= 11 is 0. The Labute approximate surface area is 176 Å². The summed E-state index contributed by atoms with van der Waals surface area (Å²) in [7, 11) is 0. The van der Waals surface area contributed by atoms with Gasteiger partial charge in [0, 0.05) is 23.7 Å². The maximum Gasteiger partial charge on any atom is 0.573 e. The number of carbonyl (C=O) groups is 1. The van der Waals surface area contributed by atoms with Gasteiger partial charge in [0.15, 0.2) is 0 Å². The van der Waals surface area contributed by atoms with Crippen molar-refractivity contribution in [1.82, 2.24) is 15.1 Å². The highest BCUT2D eigenvalue weighted by atomic mass is 19.4. The monoisotopic (exact) mass is 431 g/mol. The Morgan fingerprint density at radius 1 is 1.10 bits per heavy atom. The molecule has 0 spiro atoms. The summed E-state index contributed by atoms with van der Waals surface area (Å²) in [5.41, 5.74) is 3.05. The molecule has 0 unspecified atom stereocenters. The number of ether oxygens (including phenoxy) is 1. The molecule has 162 valence electrons. The zero-order valence-corrected chi connectivity index (χ0v) is 16.9. The molecule has 31 heavy (non-hydrogen) atoms. The smallest absolute Gasteiger partial charge is 0.405 e. The third-order valence-corrected chi connectivity index (χ3v) is 4.50. The van der Waals surface area contributed by atoms with Gasteiger partial charge in [0.05, 0.1) is 5.69 Å². The van der Waals surface area contributed by atoms with E-state index in [0.717, 1.165) is 27.4 Å². The first-order chi connectivity index (χ1) is 14.6. The summed E-state index contributed by atoms with van der Waals surface area (Å²) in [6.45, 7) is 3.28. The summed E-state index contributed by atoms with van der Waals surface area (Å²) in [5, 5.41) is 6.77. The lowest BCUT2D eigenvalue weighted by atomic mass is 10.0. The molecule has 3 aromatic rings. The Kier molecular flexibility index (Phi) is 6.43. The second-order valence-corrected chi connectivity index (χ2v) is 6.97. The quantitative estimate of drug-likeness (QED) is 0.645. The fraction of sp³-hybridized carbons (Fsp3) is 0.227. The number of nitrogens with zero attached hydrogens (tertiary/aromatic N) is 2. The minimum absolute atomic E-state index is 0.151. The van der Waals surface area contributed by atoms with E-state index in [4.69, 9.17) is 0 Å². The van der Waals surface area contributed by atoms with Gasteiger partial charge in [0.25, 0.3) is 5.56 Å². The van der Waals surface area contributed by atoms with E-state index in [1.807, 2.05) is 32.0 Å². The van der Waals surface area contributed by atoms with Crippen molar-refractivity contribution < 1.29 is 22.7 Å². The van der Waals surface area contributed by atoms with E-state index in [2.05, 4.69) is 15.2 Å². The number of hydrogen-bond acceptors (Lipinski definition) is 4. The molecular formula is C22H20F3N3O3. The van der Waals surface area contributed by atoms with E-state index >= 15 is 0 Å². The second-order valence-electron chi connectivity index (χ2n) is 6.97. The molecule has 1 heterocycles. The van der Waals surface area contributed by atoms with Crippen LogP contribution in [0.4, 0.5) is 13.2 Å². The lowest BCUT2D eigenvalue weighted by Crippen LogP contribution is -2.33. The first-order valence-electron chi connectivity index (χ1n) is 9.38. The number of hydrogen-bond donors (Lipinski definition) is 1. The van der Waals surface area contributed by atoms with Crippen molar-refractivity contribution >= 4 is 5.91 Å². The Hall–Kier alpha value is -3.62. The summed E-state index contributed by atoms with van der Waals surface area (Å²) in [6, 6.07) is 14.2. The summed E-state index contributed by atoms with van der Waals surface area (Å²) in [5.74, 6) is -0.975. The second kappa shape index (κ2) is 9.03. The fourth-order valence-electron chi connectivity index (χ4n) is 2.98. The molecule has 0 aliphatic heterocycles. The summed E-state index contributed by atoms with van der Waals surface area (Å²) in [6.07, 6.45) is -4.84.